The molecule has 23 heavy (non-hydrogen) atoms. The van der Waals surface area contributed by atoms with Crippen molar-refractivity contribution >= 4 is 12.2 Å². The number of rotatable bonds is 5. The molecule has 0 aliphatic heterocycles. The number of hydrogen-bond acceptors (Lipinski definition) is 4. The zero-order chi connectivity index (χ0) is 17.2. The van der Waals surface area contributed by atoms with Crippen LogP contribution in [0.15, 0.2) is 29.1 Å². The lowest BCUT2D eigenvalue weighted by atomic mass is 10.1. The van der Waals surface area contributed by atoms with Crippen LogP contribution in [0.5, 0.6) is 11.5 Å². The van der Waals surface area contributed by atoms with Crippen LogP contribution in [-0.4, -0.2) is 29.7 Å². The van der Waals surface area contributed by atoms with Crippen molar-refractivity contribution < 1.29 is 18.3 Å². The molecule has 1 aromatic carbocycles. The van der Waals surface area contributed by atoms with Crippen molar-refractivity contribution in [3.05, 3.63) is 39.4 Å². The Kier molecular flexibility index (Phi) is 4.84. The number of ether oxygens (including phenoxy) is 2. The highest BCUT2D eigenvalue weighted by Gasteiger charge is 2.24. The molecular formula is C15H16F2N2O3S. The molecular weight excluding hydrogens is 326 g/mol. The van der Waals surface area contributed by atoms with Crippen LogP contribution in [0.1, 0.15) is 6.92 Å². The van der Waals surface area contributed by atoms with Gasteiger partial charge in [0.25, 0.3) is 11.5 Å². The number of nitrogens with one attached hydrogen (secondary N) is 1. The smallest absolute Gasteiger partial charge is 0.263 e. The fraction of sp³-hybridized carbons (Fsp3) is 0.333. The maximum absolute atomic E-state index is 13.5. The molecule has 124 valence electrons. The summed E-state index contributed by atoms with van der Waals surface area (Å²) in [5, 5.41) is 0. The molecule has 2 rings (SSSR count). The first-order valence-electron chi connectivity index (χ1n) is 6.69. The maximum atomic E-state index is 13.5. The Labute approximate surface area is 136 Å². The highest BCUT2D eigenvalue weighted by molar-refractivity contribution is 7.71. The van der Waals surface area contributed by atoms with E-state index in [0.717, 1.165) is 6.92 Å². The monoisotopic (exact) mass is 342 g/mol. The third-order valence-corrected chi connectivity index (χ3v) is 3.48. The average molecular weight is 342 g/mol. The maximum Gasteiger partial charge on any atom is 0.263 e. The second kappa shape index (κ2) is 6.49. The van der Waals surface area contributed by atoms with Crippen LogP contribution in [-0.2, 0) is 6.54 Å². The number of alkyl halides is 2. The first-order valence-corrected chi connectivity index (χ1v) is 7.10. The molecule has 0 unspecified atom stereocenters. The fourth-order valence-corrected chi connectivity index (χ4v) is 2.45. The van der Waals surface area contributed by atoms with E-state index < -0.39 is 18.0 Å². The van der Waals surface area contributed by atoms with Gasteiger partial charge >= 0.3 is 0 Å². The normalized spacial score (nSPS) is 11.3. The van der Waals surface area contributed by atoms with Crippen molar-refractivity contribution in [3.63, 3.8) is 0 Å². The highest BCUT2D eigenvalue weighted by Crippen LogP contribution is 2.33. The quantitative estimate of drug-likeness (QED) is 0.848. The molecule has 0 amide bonds. The van der Waals surface area contributed by atoms with Crippen molar-refractivity contribution in [3.8, 4) is 22.8 Å². The van der Waals surface area contributed by atoms with Gasteiger partial charge in [0.2, 0.25) is 0 Å². The van der Waals surface area contributed by atoms with Crippen LogP contribution < -0.4 is 15.0 Å². The summed E-state index contributed by atoms with van der Waals surface area (Å²) in [6.07, 6.45) is 0. The molecule has 1 N–H and O–H groups in total. The van der Waals surface area contributed by atoms with Gasteiger partial charge in [-0.3, -0.25) is 9.78 Å². The number of H-pyrrole nitrogens is 1. The molecule has 0 atom stereocenters. The lowest BCUT2D eigenvalue weighted by Gasteiger charge is -2.19. The van der Waals surface area contributed by atoms with E-state index in [-0.39, 0.29) is 10.5 Å². The minimum Gasteiger partial charge on any atom is -0.497 e. The molecule has 1 aromatic heterocycles. The summed E-state index contributed by atoms with van der Waals surface area (Å²) < 4.78 is 38.4. The van der Waals surface area contributed by atoms with Crippen LogP contribution >= 0.6 is 12.2 Å². The van der Waals surface area contributed by atoms with E-state index in [0.29, 0.717) is 17.1 Å². The van der Waals surface area contributed by atoms with Gasteiger partial charge in [0, 0.05) is 24.6 Å². The van der Waals surface area contributed by atoms with E-state index >= 15 is 0 Å². The van der Waals surface area contributed by atoms with E-state index in [1.807, 2.05) is 0 Å². The molecule has 1 heterocycles. The molecule has 0 saturated carbocycles. The van der Waals surface area contributed by atoms with Crippen molar-refractivity contribution in [2.75, 3.05) is 14.2 Å². The number of hydrogen-bond donors (Lipinski definition) is 1. The lowest BCUT2D eigenvalue weighted by molar-refractivity contribution is 0.00353. The molecule has 0 bridgehead atoms. The van der Waals surface area contributed by atoms with Crippen LogP contribution in [0.3, 0.4) is 0 Å². The van der Waals surface area contributed by atoms with Gasteiger partial charge in [-0.15, -0.1) is 0 Å². The highest BCUT2D eigenvalue weighted by atomic mass is 32.1. The third kappa shape index (κ3) is 3.95. The van der Waals surface area contributed by atoms with E-state index in [4.69, 9.17) is 21.7 Å². The topological polar surface area (TPSA) is 56.2 Å². The summed E-state index contributed by atoms with van der Waals surface area (Å²) in [7, 11) is 2.94. The number of benzene rings is 1. The Morgan fingerprint density at radius 2 is 1.96 bits per heavy atom. The van der Waals surface area contributed by atoms with E-state index in [1.165, 1.54) is 24.9 Å². The van der Waals surface area contributed by atoms with Crippen LogP contribution in [0.25, 0.3) is 11.3 Å². The molecule has 2 aromatic rings. The number of halogens is 2. The second-order valence-corrected chi connectivity index (χ2v) is 5.43. The zero-order valence-corrected chi connectivity index (χ0v) is 13.7. The van der Waals surface area contributed by atoms with Gasteiger partial charge in [-0.1, -0.05) is 0 Å². The number of nitrogens with zero attached hydrogens (tertiary/aromatic N) is 1. The third-order valence-electron chi connectivity index (χ3n) is 3.15. The van der Waals surface area contributed by atoms with E-state index in [9.17, 15) is 13.6 Å². The zero-order valence-electron chi connectivity index (χ0n) is 12.9. The molecule has 0 saturated heterocycles. The Bertz CT molecular complexity index is 825. The van der Waals surface area contributed by atoms with Gasteiger partial charge in [-0.25, -0.2) is 8.78 Å². The van der Waals surface area contributed by atoms with Crippen LogP contribution in [0.2, 0.25) is 0 Å². The second-order valence-electron chi connectivity index (χ2n) is 5.05. The summed E-state index contributed by atoms with van der Waals surface area (Å²) in [6, 6.07) is 6.10. The Morgan fingerprint density at radius 3 is 2.52 bits per heavy atom. The molecule has 0 aliphatic carbocycles. The minimum absolute atomic E-state index is 0.0769. The van der Waals surface area contributed by atoms with E-state index in [1.54, 1.807) is 18.2 Å². The molecule has 0 spiro atoms. The molecule has 0 fully saturated rings. The van der Waals surface area contributed by atoms with Crippen molar-refractivity contribution in [1.82, 2.24) is 9.55 Å². The number of aromatic nitrogens is 2. The standard InChI is InChI=1S/C15H16F2N2O3S/c1-15(16,17)8-19-11(7-13(20)18-14(19)23)10-5-4-9(21-2)6-12(10)22-3/h4-7H,8H2,1-3H3,(H,18,20,23). The van der Waals surface area contributed by atoms with Gasteiger partial charge in [0.05, 0.1) is 26.5 Å². The van der Waals surface area contributed by atoms with Gasteiger partial charge < -0.3 is 14.0 Å². The van der Waals surface area contributed by atoms with Crippen LogP contribution in [0, 0.1) is 4.77 Å². The van der Waals surface area contributed by atoms with Gasteiger partial charge in [0.15, 0.2) is 4.77 Å². The average Bonchev–Trinajstić information content (AvgIpc) is 2.48. The first kappa shape index (κ1) is 17.1. The summed E-state index contributed by atoms with van der Waals surface area (Å²) in [5.74, 6) is -2.07. The largest absolute Gasteiger partial charge is 0.497 e. The fourth-order valence-electron chi connectivity index (χ4n) is 2.19. The summed E-state index contributed by atoms with van der Waals surface area (Å²) >= 11 is 5.03. The van der Waals surface area contributed by atoms with Crippen LogP contribution in [0.4, 0.5) is 8.78 Å². The minimum atomic E-state index is -3.00. The summed E-state index contributed by atoms with van der Waals surface area (Å²) in [6.45, 7) is 0.127. The molecule has 0 aliphatic rings. The van der Waals surface area contributed by atoms with Crippen molar-refractivity contribution in [1.29, 1.82) is 0 Å². The van der Waals surface area contributed by atoms with Crippen molar-refractivity contribution in [2.45, 2.75) is 19.4 Å². The van der Waals surface area contributed by atoms with Gasteiger partial charge in [-0.2, -0.15) is 0 Å². The first-order chi connectivity index (χ1) is 10.7. The summed E-state index contributed by atoms with van der Waals surface area (Å²) in [5.41, 5.74) is 0.244. The Balaban J connectivity index is 2.72. The summed E-state index contributed by atoms with van der Waals surface area (Å²) in [4.78, 5) is 14.1. The van der Waals surface area contributed by atoms with Gasteiger partial charge in [-0.05, 0) is 24.4 Å². The lowest BCUT2D eigenvalue weighted by Crippen LogP contribution is -2.24. The predicted octanol–water partition coefficient (Wildman–Crippen LogP) is 3.25. The number of methoxy groups -OCH3 is 2. The molecule has 0 radical (unpaired) electrons. The number of aromatic amines is 1. The Hall–Kier alpha value is -2.22. The SMILES string of the molecule is COc1ccc(-c2cc(=O)[nH]c(=S)n2CC(C)(F)F)c(OC)c1. The van der Waals surface area contributed by atoms with E-state index in [2.05, 4.69) is 4.98 Å². The predicted molar refractivity (Wildman–Crippen MR) is 85.0 cm³/mol. The van der Waals surface area contributed by atoms with Gasteiger partial charge in [0.1, 0.15) is 11.5 Å². The van der Waals surface area contributed by atoms with Crippen molar-refractivity contribution in [2.24, 2.45) is 0 Å². The molecule has 5 nitrogen and oxygen atoms in total. The molecule has 8 heteroatoms. The Morgan fingerprint density at radius 1 is 1.26 bits per heavy atom.